The minimum atomic E-state index is -0.141. The topological polar surface area (TPSA) is 60.7 Å². The van der Waals surface area contributed by atoms with Gasteiger partial charge in [-0.1, -0.05) is 60.7 Å². The van der Waals surface area contributed by atoms with Crippen molar-refractivity contribution < 1.29 is 4.79 Å². The Bertz CT molecular complexity index is 753. The summed E-state index contributed by atoms with van der Waals surface area (Å²) < 4.78 is 0. The van der Waals surface area contributed by atoms with Crippen molar-refractivity contribution in [3.8, 4) is 11.4 Å². The first-order valence-corrected chi connectivity index (χ1v) is 7.17. The molecule has 110 valence electrons. The van der Waals surface area contributed by atoms with E-state index in [4.69, 9.17) is 0 Å². The van der Waals surface area contributed by atoms with Crippen molar-refractivity contribution in [2.75, 3.05) is 0 Å². The van der Waals surface area contributed by atoms with Crippen LogP contribution in [0.1, 0.15) is 29.7 Å². The van der Waals surface area contributed by atoms with Gasteiger partial charge in [0.2, 0.25) is 5.82 Å². The lowest BCUT2D eigenvalue weighted by Gasteiger charge is -2.08. The third-order valence-electron chi connectivity index (χ3n) is 3.43. The molecular formula is C17H16N4O. The Morgan fingerprint density at radius 3 is 2.36 bits per heavy atom. The van der Waals surface area contributed by atoms with Crippen molar-refractivity contribution in [3.63, 3.8) is 0 Å². The van der Waals surface area contributed by atoms with E-state index in [0.29, 0.717) is 17.8 Å². The minimum Gasteiger partial charge on any atom is -0.294 e. The number of ketones is 1. The van der Waals surface area contributed by atoms with Crippen LogP contribution in [0.3, 0.4) is 0 Å². The molecule has 1 heterocycles. The van der Waals surface area contributed by atoms with E-state index in [1.54, 1.807) is 0 Å². The average Bonchev–Trinajstić information content (AvgIpc) is 3.06. The highest BCUT2D eigenvalue weighted by atomic mass is 16.1. The fourth-order valence-electron chi connectivity index (χ4n) is 2.21. The summed E-state index contributed by atoms with van der Waals surface area (Å²) in [5.41, 5.74) is 1.62. The summed E-state index contributed by atoms with van der Waals surface area (Å²) in [7, 11) is 0. The van der Waals surface area contributed by atoms with Crippen molar-refractivity contribution in [2.24, 2.45) is 0 Å². The molecule has 0 bridgehead atoms. The number of Topliss-reactive ketones (excluding diaryl/α,β-unsaturated/α-hetero) is 1. The quantitative estimate of drug-likeness (QED) is 0.678. The zero-order valence-electron chi connectivity index (χ0n) is 12.3. The van der Waals surface area contributed by atoms with E-state index in [1.165, 1.54) is 4.80 Å². The second-order valence-corrected chi connectivity index (χ2v) is 5.14. The number of carbonyl (C=O) groups is 1. The number of carbonyl (C=O) groups excluding carboxylic acids is 1. The molecule has 1 atom stereocenters. The van der Waals surface area contributed by atoms with Crippen LogP contribution in [-0.4, -0.2) is 26.0 Å². The van der Waals surface area contributed by atoms with E-state index >= 15 is 0 Å². The van der Waals surface area contributed by atoms with Gasteiger partial charge < -0.3 is 0 Å². The first-order chi connectivity index (χ1) is 10.7. The molecular weight excluding hydrogens is 276 g/mol. The lowest BCUT2D eigenvalue weighted by molar-refractivity contribution is 0.0960. The summed E-state index contributed by atoms with van der Waals surface area (Å²) in [5, 5.41) is 12.5. The van der Waals surface area contributed by atoms with Crippen LogP contribution in [0.25, 0.3) is 11.4 Å². The Morgan fingerprint density at radius 2 is 1.68 bits per heavy atom. The third kappa shape index (κ3) is 3.09. The van der Waals surface area contributed by atoms with E-state index in [2.05, 4.69) is 15.4 Å². The molecule has 0 radical (unpaired) electrons. The highest BCUT2D eigenvalue weighted by Crippen LogP contribution is 2.16. The molecule has 22 heavy (non-hydrogen) atoms. The Kier molecular flexibility index (Phi) is 4.05. The van der Waals surface area contributed by atoms with Gasteiger partial charge in [-0.2, -0.15) is 4.80 Å². The fraction of sp³-hybridized carbons (Fsp3) is 0.176. The molecule has 0 saturated heterocycles. The van der Waals surface area contributed by atoms with E-state index in [-0.39, 0.29) is 11.8 Å². The fourth-order valence-corrected chi connectivity index (χ4v) is 2.21. The zero-order valence-corrected chi connectivity index (χ0v) is 12.3. The molecule has 0 aliphatic rings. The van der Waals surface area contributed by atoms with E-state index < -0.39 is 0 Å². The van der Waals surface area contributed by atoms with Crippen LogP contribution in [0.4, 0.5) is 0 Å². The van der Waals surface area contributed by atoms with Crippen LogP contribution >= 0.6 is 0 Å². The predicted octanol–water partition coefficient (Wildman–Crippen LogP) is 3.17. The smallest absolute Gasteiger partial charge is 0.204 e. The number of hydrogen-bond donors (Lipinski definition) is 0. The third-order valence-corrected chi connectivity index (χ3v) is 3.43. The Labute approximate surface area is 128 Å². The molecule has 1 aromatic heterocycles. The molecule has 0 unspecified atom stereocenters. The molecule has 3 rings (SSSR count). The lowest BCUT2D eigenvalue weighted by Crippen LogP contribution is -2.14. The van der Waals surface area contributed by atoms with Crippen LogP contribution in [0.2, 0.25) is 0 Å². The molecule has 0 saturated carbocycles. The van der Waals surface area contributed by atoms with Gasteiger partial charge in [-0.05, 0) is 12.1 Å². The molecule has 5 nitrogen and oxygen atoms in total. The average molecular weight is 292 g/mol. The lowest BCUT2D eigenvalue weighted by atomic mass is 10.1. The van der Waals surface area contributed by atoms with Crippen LogP contribution in [0, 0.1) is 0 Å². The highest BCUT2D eigenvalue weighted by molar-refractivity contribution is 5.96. The summed E-state index contributed by atoms with van der Waals surface area (Å²) in [6.07, 6.45) is 0.342. The number of nitrogens with zero attached hydrogens (tertiary/aromatic N) is 4. The maximum Gasteiger partial charge on any atom is 0.204 e. The molecule has 0 aliphatic carbocycles. The van der Waals surface area contributed by atoms with Crippen molar-refractivity contribution in [1.29, 1.82) is 0 Å². The van der Waals surface area contributed by atoms with Crippen LogP contribution < -0.4 is 0 Å². The largest absolute Gasteiger partial charge is 0.294 e. The molecule has 0 N–H and O–H groups in total. The van der Waals surface area contributed by atoms with Crippen LogP contribution in [0.15, 0.2) is 60.7 Å². The summed E-state index contributed by atoms with van der Waals surface area (Å²) >= 11 is 0. The number of hydrogen-bond acceptors (Lipinski definition) is 4. The maximum atomic E-state index is 12.2. The maximum absolute atomic E-state index is 12.2. The Balaban J connectivity index is 1.72. The summed E-state index contributed by atoms with van der Waals surface area (Å²) in [4.78, 5) is 13.7. The molecule has 3 aromatic rings. The first-order valence-electron chi connectivity index (χ1n) is 7.17. The number of tetrazole rings is 1. The molecule has 5 heteroatoms. The summed E-state index contributed by atoms with van der Waals surface area (Å²) in [5.74, 6) is 0.645. The molecule has 0 amide bonds. The van der Waals surface area contributed by atoms with Gasteiger partial charge in [0.25, 0.3) is 0 Å². The summed E-state index contributed by atoms with van der Waals surface area (Å²) in [6, 6.07) is 18.8. The number of benzene rings is 2. The van der Waals surface area contributed by atoms with Crippen molar-refractivity contribution in [2.45, 2.75) is 19.4 Å². The van der Waals surface area contributed by atoms with Crippen LogP contribution in [-0.2, 0) is 0 Å². The SMILES string of the molecule is C[C@@H](CC(=O)c1ccccc1)n1nnc(-c2ccccc2)n1. The predicted molar refractivity (Wildman–Crippen MR) is 83.4 cm³/mol. The second-order valence-electron chi connectivity index (χ2n) is 5.14. The first kappa shape index (κ1) is 14.1. The number of rotatable bonds is 5. The van der Waals surface area contributed by atoms with E-state index in [1.807, 2.05) is 67.6 Å². The highest BCUT2D eigenvalue weighted by Gasteiger charge is 2.16. The second kappa shape index (κ2) is 6.30. The van der Waals surface area contributed by atoms with Crippen LogP contribution in [0.5, 0.6) is 0 Å². The van der Waals surface area contributed by atoms with Crippen molar-refractivity contribution >= 4 is 5.78 Å². The van der Waals surface area contributed by atoms with E-state index in [0.717, 1.165) is 5.56 Å². The molecule has 0 spiro atoms. The van der Waals surface area contributed by atoms with Gasteiger partial charge in [-0.3, -0.25) is 4.79 Å². The van der Waals surface area contributed by atoms with Crippen molar-refractivity contribution in [3.05, 3.63) is 66.2 Å². The monoisotopic (exact) mass is 292 g/mol. The van der Waals surface area contributed by atoms with E-state index in [9.17, 15) is 4.79 Å². The normalized spacial score (nSPS) is 12.0. The summed E-state index contributed by atoms with van der Waals surface area (Å²) in [6.45, 7) is 1.91. The molecule has 2 aromatic carbocycles. The Hall–Kier alpha value is -2.82. The standard InChI is InChI=1S/C17H16N4O/c1-13(12-16(22)14-8-4-2-5-9-14)21-19-17(18-20-21)15-10-6-3-7-11-15/h2-11,13H,12H2,1H3/t13-/m0/s1. The van der Waals surface area contributed by atoms with Gasteiger partial charge in [0.05, 0.1) is 6.04 Å². The minimum absolute atomic E-state index is 0.0756. The van der Waals surface area contributed by atoms with Gasteiger partial charge in [0, 0.05) is 17.5 Å². The number of aromatic nitrogens is 4. The Morgan fingerprint density at radius 1 is 1.05 bits per heavy atom. The molecule has 0 fully saturated rings. The molecule has 0 aliphatic heterocycles. The van der Waals surface area contributed by atoms with Gasteiger partial charge in [0.15, 0.2) is 5.78 Å². The van der Waals surface area contributed by atoms with Crippen molar-refractivity contribution in [1.82, 2.24) is 20.2 Å². The zero-order chi connectivity index (χ0) is 15.4. The van der Waals surface area contributed by atoms with Gasteiger partial charge >= 0.3 is 0 Å². The van der Waals surface area contributed by atoms with Gasteiger partial charge in [-0.15, -0.1) is 10.2 Å². The van der Waals surface area contributed by atoms with Gasteiger partial charge in [0.1, 0.15) is 0 Å². The van der Waals surface area contributed by atoms with Gasteiger partial charge in [-0.25, -0.2) is 0 Å².